The van der Waals surface area contributed by atoms with Gasteiger partial charge in [-0.15, -0.1) is 0 Å². The summed E-state index contributed by atoms with van der Waals surface area (Å²) >= 11 is 0. The Morgan fingerprint density at radius 1 is 1.04 bits per heavy atom. The second kappa shape index (κ2) is 6.28. The van der Waals surface area contributed by atoms with Crippen LogP contribution < -0.4 is 9.47 Å². The largest absolute Gasteiger partial charge is 0.497 e. The van der Waals surface area contributed by atoms with Gasteiger partial charge in [-0.25, -0.2) is 4.79 Å². The van der Waals surface area contributed by atoms with E-state index in [1.807, 2.05) is 0 Å². The van der Waals surface area contributed by atoms with E-state index in [1.165, 1.54) is 9.80 Å². The number of nitrogens with zero attached hydrogens (tertiary/aromatic N) is 2. The van der Waals surface area contributed by atoms with E-state index in [0.29, 0.717) is 22.6 Å². The van der Waals surface area contributed by atoms with Crippen molar-refractivity contribution in [2.75, 3.05) is 27.3 Å². The molecule has 0 spiro atoms. The zero-order valence-corrected chi connectivity index (χ0v) is 15.1. The predicted molar refractivity (Wildman–Crippen MR) is 96.8 cm³/mol. The van der Waals surface area contributed by atoms with Crippen molar-refractivity contribution >= 4 is 11.9 Å². The summed E-state index contributed by atoms with van der Waals surface area (Å²) in [7, 11) is 3.12. The first-order chi connectivity index (χ1) is 13.0. The first-order valence-corrected chi connectivity index (χ1v) is 8.61. The number of carbonyl (C=O) groups is 2. The van der Waals surface area contributed by atoms with Crippen molar-refractivity contribution in [3.63, 3.8) is 0 Å². The quantitative estimate of drug-likeness (QED) is 0.891. The highest BCUT2D eigenvalue weighted by Crippen LogP contribution is 2.43. The van der Waals surface area contributed by atoms with Gasteiger partial charge < -0.3 is 19.5 Å². The molecular formula is C20H20N2O5. The van der Waals surface area contributed by atoms with Crippen LogP contribution in [0.3, 0.4) is 0 Å². The number of hydrogen-bond donors (Lipinski definition) is 1. The van der Waals surface area contributed by atoms with Crippen molar-refractivity contribution in [1.82, 2.24) is 9.80 Å². The van der Waals surface area contributed by atoms with E-state index in [0.717, 1.165) is 0 Å². The molecule has 0 aromatic heterocycles. The molecule has 2 aliphatic heterocycles. The zero-order chi connectivity index (χ0) is 19.2. The number of carbonyl (C=O) groups excluding carboxylic acids is 2. The SMILES string of the molecule is COc1ccc(C(=O)N2C[C@@H]3N(C[C@@]3(O)c3ccc(OC)cc3)C2=O)cc1. The molecule has 2 fully saturated rings. The minimum absolute atomic E-state index is 0.145. The Labute approximate surface area is 156 Å². The molecule has 2 aromatic rings. The molecule has 0 radical (unpaired) electrons. The molecule has 0 unspecified atom stereocenters. The van der Waals surface area contributed by atoms with Crippen LogP contribution in [0.2, 0.25) is 0 Å². The minimum atomic E-state index is -1.17. The molecule has 3 amide bonds. The summed E-state index contributed by atoms with van der Waals surface area (Å²) in [5.41, 5.74) is -0.0626. The van der Waals surface area contributed by atoms with Crippen LogP contribution in [0.5, 0.6) is 11.5 Å². The van der Waals surface area contributed by atoms with Crippen molar-refractivity contribution in [2.45, 2.75) is 11.6 Å². The Balaban J connectivity index is 1.54. The maximum absolute atomic E-state index is 12.7. The summed E-state index contributed by atoms with van der Waals surface area (Å²) in [6.07, 6.45) is 0. The molecule has 140 valence electrons. The molecule has 2 saturated heterocycles. The Kier molecular flexibility index (Phi) is 4.04. The van der Waals surface area contributed by atoms with Crippen molar-refractivity contribution in [3.05, 3.63) is 59.7 Å². The summed E-state index contributed by atoms with van der Waals surface area (Å²) in [5, 5.41) is 11.1. The van der Waals surface area contributed by atoms with Gasteiger partial charge in [0.25, 0.3) is 5.91 Å². The number of amides is 3. The first-order valence-electron chi connectivity index (χ1n) is 8.61. The number of methoxy groups -OCH3 is 2. The summed E-state index contributed by atoms with van der Waals surface area (Å²) < 4.78 is 10.2. The maximum Gasteiger partial charge on any atom is 0.327 e. The molecule has 2 atom stereocenters. The van der Waals surface area contributed by atoms with E-state index in [2.05, 4.69) is 0 Å². The van der Waals surface area contributed by atoms with E-state index in [-0.39, 0.29) is 25.0 Å². The molecule has 2 aromatic carbocycles. The molecule has 7 heteroatoms. The van der Waals surface area contributed by atoms with Gasteiger partial charge in [-0.05, 0) is 42.0 Å². The fraction of sp³-hybridized carbons (Fsp3) is 0.300. The number of aliphatic hydroxyl groups is 1. The van der Waals surface area contributed by atoms with E-state index >= 15 is 0 Å². The number of hydrogen-bond acceptors (Lipinski definition) is 5. The fourth-order valence-corrected chi connectivity index (χ4v) is 3.70. The lowest BCUT2D eigenvalue weighted by Gasteiger charge is -2.49. The lowest BCUT2D eigenvalue weighted by molar-refractivity contribution is -0.119. The molecule has 0 saturated carbocycles. The Bertz CT molecular complexity index is 880. The van der Waals surface area contributed by atoms with E-state index in [9.17, 15) is 14.7 Å². The van der Waals surface area contributed by atoms with Gasteiger partial charge in [0.2, 0.25) is 0 Å². The van der Waals surface area contributed by atoms with Crippen molar-refractivity contribution in [1.29, 1.82) is 0 Å². The van der Waals surface area contributed by atoms with Gasteiger partial charge in [0.05, 0.1) is 33.4 Å². The molecule has 1 N–H and O–H groups in total. The van der Waals surface area contributed by atoms with Gasteiger partial charge in [0.1, 0.15) is 17.1 Å². The first kappa shape index (κ1) is 17.4. The van der Waals surface area contributed by atoms with Crippen LogP contribution in [0.15, 0.2) is 48.5 Å². The molecule has 27 heavy (non-hydrogen) atoms. The number of ether oxygens (including phenoxy) is 2. The van der Waals surface area contributed by atoms with E-state index in [1.54, 1.807) is 62.8 Å². The summed E-state index contributed by atoms with van der Waals surface area (Å²) in [4.78, 5) is 28.1. The number of rotatable bonds is 4. The standard InChI is InChI=1S/C20H20N2O5/c1-26-15-7-3-13(4-8-15)18(23)21-11-17-20(25,12-22(17)19(21)24)14-5-9-16(27-2)10-6-14/h3-10,17,25H,11-12H2,1-2H3/t17-,20+/m0/s1. The van der Waals surface area contributed by atoms with E-state index < -0.39 is 11.6 Å². The van der Waals surface area contributed by atoms with E-state index in [4.69, 9.17) is 9.47 Å². The number of imide groups is 1. The highest BCUT2D eigenvalue weighted by molar-refractivity contribution is 6.05. The monoisotopic (exact) mass is 368 g/mol. The molecule has 7 nitrogen and oxygen atoms in total. The van der Waals surface area contributed by atoms with Crippen LogP contribution in [0, 0.1) is 0 Å². The average molecular weight is 368 g/mol. The topological polar surface area (TPSA) is 79.3 Å². The molecule has 2 heterocycles. The van der Waals surface area contributed by atoms with Crippen LogP contribution in [0.1, 0.15) is 15.9 Å². The van der Waals surface area contributed by atoms with Crippen LogP contribution in [0.4, 0.5) is 4.79 Å². The lowest BCUT2D eigenvalue weighted by atomic mass is 9.78. The normalized spacial score (nSPS) is 23.7. The average Bonchev–Trinajstić information content (AvgIpc) is 2.99. The predicted octanol–water partition coefficient (Wildman–Crippen LogP) is 1.85. The van der Waals surface area contributed by atoms with Crippen molar-refractivity contribution in [3.8, 4) is 11.5 Å². The lowest BCUT2D eigenvalue weighted by Crippen LogP contribution is -2.66. The second-order valence-corrected chi connectivity index (χ2v) is 6.72. The van der Waals surface area contributed by atoms with Gasteiger partial charge in [-0.3, -0.25) is 9.69 Å². The fourth-order valence-electron chi connectivity index (χ4n) is 3.70. The van der Waals surface area contributed by atoms with Gasteiger partial charge in [-0.1, -0.05) is 12.1 Å². The molecule has 4 rings (SSSR count). The third-order valence-corrected chi connectivity index (χ3v) is 5.34. The third kappa shape index (κ3) is 2.62. The number of fused-ring (bicyclic) bond motifs is 1. The molecule has 0 bridgehead atoms. The number of benzene rings is 2. The smallest absolute Gasteiger partial charge is 0.327 e. The maximum atomic E-state index is 12.7. The number of urea groups is 1. The summed E-state index contributed by atoms with van der Waals surface area (Å²) in [5.74, 6) is 0.948. The highest BCUT2D eigenvalue weighted by Gasteiger charge is 2.61. The van der Waals surface area contributed by atoms with Crippen LogP contribution in [-0.4, -0.2) is 60.2 Å². The highest BCUT2D eigenvalue weighted by atomic mass is 16.5. The Hall–Kier alpha value is -3.06. The molecule has 0 aliphatic carbocycles. The minimum Gasteiger partial charge on any atom is -0.497 e. The van der Waals surface area contributed by atoms with Crippen molar-refractivity contribution in [2.24, 2.45) is 0 Å². The summed E-state index contributed by atoms with van der Waals surface area (Å²) in [6, 6.07) is 12.9. The van der Waals surface area contributed by atoms with Gasteiger partial charge in [-0.2, -0.15) is 0 Å². The zero-order valence-electron chi connectivity index (χ0n) is 15.1. The third-order valence-electron chi connectivity index (χ3n) is 5.34. The van der Waals surface area contributed by atoms with Gasteiger partial charge in [0.15, 0.2) is 0 Å². The molecule has 2 aliphatic rings. The summed E-state index contributed by atoms with van der Waals surface area (Å²) in [6.45, 7) is 0.307. The van der Waals surface area contributed by atoms with Crippen LogP contribution >= 0.6 is 0 Å². The van der Waals surface area contributed by atoms with Gasteiger partial charge >= 0.3 is 6.03 Å². The Morgan fingerprint density at radius 2 is 1.59 bits per heavy atom. The van der Waals surface area contributed by atoms with Gasteiger partial charge in [0, 0.05) is 5.56 Å². The second-order valence-electron chi connectivity index (χ2n) is 6.72. The van der Waals surface area contributed by atoms with Crippen LogP contribution in [0.25, 0.3) is 0 Å². The van der Waals surface area contributed by atoms with Crippen molar-refractivity contribution < 1.29 is 24.2 Å². The molecular weight excluding hydrogens is 348 g/mol. The van der Waals surface area contributed by atoms with Crippen LogP contribution in [-0.2, 0) is 5.60 Å². The Morgan fingerprint density at radius 3 is 2.15 bits per heavy atom.